The standard InChI is InChI=1S/C22H32N6O2/c1-16(2)21-23-8-7-18(25-21)22(29)28-11-12-30-19(15-27-9-5-4-6-10-27)20(28)17-13-24-26(3)14-17/h7-8,13-14,16,19-20H,4-6,9-12,15H2,1-3H3/t19-,20-/m0/s1. The van der Waals surface area contributed by atoms with Crippen LogP contribution in [0.1, 0.15) is 66.9 Å². The topological polar surface area (TPSA) is 76.4 Å². The molecular weight excluding hydrogens is 380 g/mol. The molecule has 0 aliphatic carbocycles. The molecule has 0 radical (unpaired) electrons. The van der Waals surface area contributed by atoms with E-state index in [0.717, 1.165) is 25.2 Å². The number of aryl methyl sites for hydroxylation is 1. The van der Waals surface area contributed by atoms with Gasteiger partial charge in [0, 0.05) is 44.0 Å². The minimum atomic E-state index is -0.181. The summed E-state index contributed by atoms with van der Waals surface area (Å²) in [6, 6.07) is 1.53. The number of morpholine rings is 1. The van der Waals surface area contributed by atoms with Crippen molar-refractivity contribution in [3.8, 4) is 0 Å². The quantitative estimate of drug-likeness (QED) is 0.751. The summed E-state index contributed by atoms with van der Waals surface area (Å²) in [7, 11) is 1.90. The largest absolute Gasteiger partial charge is 0.373 e. The molecule has 0 aromatic carbocycles. The summed E-state index contributed by atoms with van der Waals surface area (Å²) in [6.45, 7) is 8.15. The fourth-order valence-electron chi connectivity index (χ4n) is 4.42. The zero-order chi connectivity index (χ0) is 21.1. The SMILES string of the molecule is CC(C)c1nccc(C(=O)N2CCO[C@@H](CN3CCCCC3)[C@@H]2c2cnn(C)c2)n1. The third-order valence-corrected chi connectivity index (χ3v) is 5.98. The molecule has 2 aromatic rings. The highest BCUT2D eigenvalue weighted by Gasteiger charge is 2.39. The maximum atomic E-state index is 13.5. The first-order valence-corrected chi connectivity index (χ1v) is 11.0. The third kappa shape index (κ3) is 4.54. The van der Waals surface area contributed by atoms with Crippen LogP contribution in [0.15, 0.2) is 24.7 Å². The minimum absolute atomic E-state index is 0.0694. The summed E-state index contributed by atoms with van der Waals surface area (Å²) in [5.74, 6) is 0.792. The highest BCUT2D eigenvalue weighted by Crippen LogP contribution is 2.31. The van der Waals surface area contributed by atoms with Gasteiger partial charge in [0.15, 0.2) is 0 Å². The number of carbonyl (C=O) groups excluding carboxylic acids is 1. The van der Waals surface area contributed by atoms with Crippen LogP contribution in [0.25, 0.3) is 0 Å². The smallest absolute Gasteiger partial charge is 0.273 e. The van der Waals surface area contributed by atoms with Crippen LogP contribution >= 0.6 is 0 Å². The van der Waals surface area contributed by atoms with Crippen molar-refractivity contribution in [1.82, 2.24) is 29.5 Å². The first kappa shape index (κ1) is 20.9. The second-order valence-electron chi connectivity index (χ2n) is 8.62. The number of hydrogen-bond donors (Lipinski definition) is 0. The molecule has 2 aromatic heterocycles. The van der Waals surface area contributed by atoms with Crippen LogP contribution < -0.4 is 0 Å². The van der Waals surface area contributed by atoms with Gasteiger partial charge in [0.25, 0.3) is 5.91 Å². The lowest BCUT2D eigenvalue weighted by molar-refractivity contribution is -0.0743. The molecule has 8 nitrogen and oxygen atoms in total. The molecule has 0 N–H and O–H groups in total. The van der Waals surface area contributed by atoms with E-state index in [2.05, 4.69) is 20.0 Å². The molecule has 4 heterocycles. The van der Waals surface area contributed by atoms with Gasteiger partial charge in [-0.05, 0) is 32.0 Å². The first-order valence-electron chi connectivity index (χ1n) is 11.0. The molecule has 8 heteroatoms. The molecule has 2 atom stereocenters. The minimum Gasteiger partial charge on any atom is -0.373 e. The molecule has 4 rings (SSSR count). The van der Waals surface area contributed by atoms with Crippen LogP contribution in [0.5, 0.6) is 0 Å². The fraction of sp³-hybridized carbons (Fsp3) is 0.636. The second-order valence-corrected chi connectivity index (χ2v) is 8.62. The monoisotopic (exact) mass is 412 g/mol. The van der Waals surface area contributed by atoms with Gasteiger partial charge >= 0.3 is 0 Å². The van der Waals surface area contributed by atoms with E-state index in [4.69, 9.17) is 4.74 Å². The van der Waals surface area contributed by atoms with Gasteiger partial charge < -0.3 is 14.5 Å². The Morgan fingerprint density at radius 3 is 2.73 bits per heavy atom. The number of nitrogens with zero attached hydrogens (tertiary/aromatic N) is 6. The lowest BCUT2D eigenvalue weighted by Gasteiger charge is -2.43. The molecule has 0 saturated carbocycles. The van der Waals surface area contributed by atoms with E-state index in [0.29, 0.717) is 24.7 Å². The van der Waals surface area contributed by atoms with Gasteiger partial charge in [0.05, 0.1) is 24.9 Å². The predicted octanol–water partition coefficient (Wildman–Crippen LogP) is 2.40. The zero-order valence-corrected chi connectivity index (χ0v) is 18.2. The Morgan fingerprint density at radius 1 is 1.23 bits per heavy atom. The third-order valence-electron chi connectivity index (χ3n) is 5.98. The van der Waals surface area contributed by atoms with E-state index >= 15 is 0 Å². The Kier molecular flexibility index (Phi) is 6.43. The van der Waals surface area contributed by atoms with Crippen molar-refractivity contribution in [3.63, 3.8) is 0 Å². The van der Waals surface area contributed by atoms with Crippen LogP contribution in [0.4, 0.5) is 0 Å². The van der Waals surface area contributed by atoms with E-state index in [1.807, 2.05) is 38.2 Å². The maximum absolute atomic E-state index is 13.5. The van der Waals surface area contributed by atoms with E-state index < -0.39 is 0 Å². The number of hydrogen-bond acceptors (Lipinski definition) is 6. The fourth-order valence-corrected chi connectivity index (χ4v) is 4.42. The number of likely N-dealkylation sites (tertiary alicyclic amines) is 1. The summed E-state index contributed by atoms with van der Waals surface area (Å²) in [5.41, 5.74) is 1.45. The van der Waals surface area contributed by atoms with Crippen molar-refractivity contribution in [2.24, 2.45) is 7.05 Å². The van der Waals surface area contributed by atoms with Gasteiger partial charge in [0.1, 0.15) is 11.5 Å². The van der Waals surface area contributed by atoms with Crippen molar-refractivity contribution in [3.05, 3.63) is 41.7 Å². The van der Waals surface area contributed by atoms with Crippen LogP contribution in [-0.4, -0.2) is 74.3 Å². The molecule has 2 saturated heterocycles. The number of carbonyl (C=O) groups is 1. The van der Waals surface area contributed by atoms with Gasteiger partial charge in [-0.1, -0.05) is 20.3 Å². The van der Waals surface area contributed by atoms with Gasteiger partial charge in [-0.25, -0.2) is 9.97 Å². The van der Waals surface area contributed by atoms with Crippen LogP contribution in [0.2, 0.25) is 0 Å². The molecule has 2 aliphatic heterocycles. The number of amides is 1. The molecule has 2 fully saturated rings. The first-order chi connectivity index (χ1) is 14.5. The van der Waals surface area contributed by atoms with E-state index in [9.17, 15) is 4.79 Å². The van der Waals surface area contributed by atoms with Crippen molar-refractivity contribution in [2.45, 2.75) is 51.2 Å². The lowest BCUT2D eigenvalue weighted by atomic mass is 9.99. The van der Waals surface area contributed by atoms with Crippen molar-refractivity contribution >= 4 is 5.91 Å². The van der Waals surface area contributed by atoms with E-state index in [-0.39, 0.29) is 24.0 Å². The van der Waals surface area contributed by atoms with Gasteiger partial charge in [-0.15, -0.1) is 0 Å². The number of ether oxygens (including phenoxy) is 1. The number of aromatic nitrogens is 4. The Balaban J connectivity index is 1.62. The molecule has 0 unspecified atom stereocenters. The highest BCUT2D eigenvalue weighted by atomic mass is 16.5. The molecule has 0 bridgehead atoms. The van der Waals surface area contributed by atoms with Crippen LogP contribution in [0, 0.1) is 0 Å². The van der Waals surface area contributed by atoms with Gasteiger partial charge in [-0.3, -0.25) is 9.48 Å². The normalized spacial score (nSPS) is 23.1. The maximum Gasteiger partial charge on any atom is 0.273 e. The summed E-state index contributed by atoms with van der Waals surface area (Å²) >= 11 is 0. The number of rotatable bonds is 5. The Bertz CT molecular complexity index is 861. The molecule has 162 valence electrons. The number of piperidine rings is 1. The zero-order valence-electron chi connectivity index (χ0n) is 18.2. The highest BCUT2D eigenvalue weighted by molar-refractivity contribution is 5.92. The van der Waals surface area contributed by atoms with Gasteiger partial charge in [0.2, 0.25) is 0 Å². The molecule has 0 spiro atoms. The average Bonchev–Trinajstić information content (AvgIpc) is 3.19. The second kappa shape index (κ2) is 9.22. The summed E-state index contributed by atoms with van der Waals surface area (Å²) in [4.78, 5) is 26.8. The summed E-state index contributed by atoms with van der Waals surface area (Å²) in [5, 5.41) is 4.36. The summed E-state index contributed by atoms with van der Waals surface area (Å²) in [6.07, 6.45) is 9.18. The average molecular weight is 413 g/mol. The Labute approximate surface area is 178 Å². The van der Waals surface area contributed by atoms with E-state index in [1.165, 1.54) is 19.3 Å². The summed E-state index contributed by atoms with van der Waals surface area (Å²) < 4.78 is 8.01. The molecule has 2 aliphatic rings. The molecule has 1 amide bonds. The van der Waals surface area contributed by atoms with Crippen molar-refractivity contribution in [1.29, 1.82) is 0 Å². The Morgan fingerprint density at radius 2 is 2.03 bits per heavy atom. The predicted molar refractivity (Wildman–Crippen MR) is 113 cm³/mol. The van der Waals surface area contributed by atoms with Crippen molar-refractivity contribution < 1.29 is 9.53 Å². The van der Waals surface area contributed by atoms with E-state index in [1.54, 1.807) is 16.9 Å². The lowest BCUT2D eigenvalue weighted by Crippen LogP contribution is -2.52. The van der Waals surface area contributed by atoms with Crippen LogP contribution in [-0.2, 0) is 11.8 Å². The molecular formula is C22H32N6O2. The van der Waals surface area contributed by atoms with Gasteiger partial charge in [-0.2, -0.15) is 5.10 Å². The molecule has 30 heavy (non-hydrogen) atoms. The Hall–Kier alpha value is -2.32. The van der Waals surface area contributed by atoms with Crippen LogP contribution in [0.3, 0.4) is 0 Å². The van der Waals surface area contributed by atoms with Crippen molar-refractivity contribution in [2.75, 3.05) is 32.8 Å².